The molecule has 4 nitrogen and oxygen atoms in total. The summed E-state index contributed by atoms with van der Waals surface area (Å²) in [4.78, 5) is 11.1. The average Bonchev–Trinajstić information content (AvgIpc) is 2.52. The van der Waals surface area contributed by atoms with Gasteiger partial charge in [-0.25, -0.2) is 0 Å². The second kappa shape index (κ2) is 4.32. The van der Waals surface area contributed by atoms with Gasteiger partial charge in [-0.05, 0) is 38.3 Å². The van der Waals surface area contributed by atoms with Crippen LogP contribution in [0.1, 0.15) is 53.9 Å². The molecule has 108 valence electrons. The van der Waals surface area contributed by atoms with Crippen LogP contribution in [0.15, 0.2) is 11.6 Å². The second-order valence-electron chi connectivity index (χ2n) is 6.69. The molecule has 0 amide bonds. The van der Waals surface area contributed by atoms with E-state index in [1.807, 2.05) is 13.0 Å². The minimum atomic E-state index is -1.07. The van der Waals surface area contributed by atoms with E-state index in [4.69, 9.17) is 9.47 Å². The standard InChI is InChI=1S/C15H24O4/c1-10-8-12(18-11(2)16)9-13(3,4)15(10)7-6-14(5,17)19-15/h8,12,17H,6-7,9H2,1-5H3/t12-,14?,15-/m1/s1. The Morgan fingerprint density at radius 2 is 2.05 bits per heavy atom. The molecular weight excluding hydrogens is 244 g/mol. The van der Waals surface area contributed by atoms with Crippen LogP contribution in [0.5, 0.6) is 0 Å². The molecule has 1 aliphatic carbocycles. The zero-order chi connectivity index (χ0) is 14.5. The Morgan fingerprint density at radius 1 is 1.42 bits per heavy atom. The van der Waals surface area contributed by atoms with Gasteiger partial charge in [0.2, 0.25) is 0 Å². The van der Waals surface area contributed by atoms with Crippen molar-refractivity contribution in [1.82, 2.24) is 0 Å². The fourth-order valence-electron chi connectivity index (χ4n) is 3.60. The van der Waals surface area contributed by atoms with Gasteiger partial charge in [-0.2, -0.15) is 0 Å². The molecular formula is C15H24O4. The van der Waals surface area contributed by atoms with E-state index >= 15 is 0 Å². The summed E-state index contributed by atoms with van der Waals surface area (Å²) in [6.45, 7) is 9.36. The predicted molar refractivity (Wildman–Crippen MR) is 71.4 cm³/mol. The van der Waals surface area contributed by atoms with Crippen LogP contribution in [0, 0.1) is 5.41 Å². The lowest BCUT2D eigenvalue weighted by atomic mass is 9.63. The number of aliphatic hydroxyl groups is 1. The van der Waals surface area contributed by atoms with Gasteiger partial charge in [0.1, 0.15) is 6.10 Å². The highest BCUT2D eigenvalue weighted by Gasteiger charge is 2.57. The van der Waals surface area contributed by atoms with Gasteiger partial charge < -0.3 is 14.6 Å². The Hall–Kier alpha value is -0.870. The van der Waals surface area contributed by atoms with E-state index in [2.05, 4.69) is 13.8 Å². The Morgan fingerprint density at radius 3 is 2.47 bits per heavy atom. The number of carbonyl (C=O) groups excluding carboxylic acids is 1. The highest BCUT2D eigenvalue weighted by molar-refractivity contribution is 5.66. The number of hydrogen-bond acceptors (Lipinski definition) is 4. The Kier molecular flexibility index (Phi) is 3.30. The second-order valence-corrected chi connectivity index (χ2v) is 6.69. The molecule has 2 rings (SSSR count). The highest BCUT2D eigenvalue weighted by atomic mass is 16.6. The minimum absolute atomic E-state index is 0.188. The van der Waals surface area contributed by atoms with E-state index in [0.717, 1.165) is 12.0 Å². The molecule has 0 bridgehead atoms. The maximum Gasteiger partial charge on any atom is 0.303 e. The van der Waals surface area contributed by atoms with Crippen LogP contribution in [-0.4, -0.2) is 28.6 Å². The fourth-order valence-corrected chi connectivity index (χ4v) is 3.60. The van der Waals surface area contributed by atoms with Crippen molar-refractivity contribution in [3.8, 4) is 0 Å². The van der Waals surface area contributed by atoms with Gasteiger partial charge >= 0.3 is 5.97 Å². The van der Waals surface area contributed by atoms with Gasteiger partial charge in [-0.1, -0.05) is 13.8 Å². The molecule has 1 saturated heterocycles. The van der Waals surface area contributed by atoms with Crippen molar-refractivity contribution in [2.75, 3.05) is 0 Å². The molecule has 0 saturated carbocycles. The molecule has 2 aliphatic rings. The van der Waals surface area contributed by atoms with Crippen LogP contribution in [-0.2, 0) is 14.3 Å². The molecule has 1 heterocycles. The van der Waals surface area contributed by atoms with Crippen molar-refractivity contribution >= 4 is 5.97 Å². The van der Waals surface area contributed by atoms with Crippen LogP contribution < -0.4 is 0 Å². The summed E-state index contributed by atoms with van der Waals surface area (Å²) in [6.07, 6.45) is 3.89. The third-order valence-corrected chi connectivity index (χ3v) is 4.53. The van der Waals surface area contributed by atoms with Crippen molar-refractivity contribution in [3.05, 3.63) is 11.6 Å². The van der Waals surface area contributed by atoms with Gasteiger partial charge in [0, 0.05) is 18.8 Å². The smallest absolute Gasteiger partial charge is 0.303 e. The molecule has 3 atom stereocenters. The summed E-state index contributed by atoms with van der Waals surface area (Å²) in [5.41, 5.74) is 0.410. The van der Waals surface area contributed by atoms with Crippen molar-refractivity contribution in [1.29, 1.82) is 0 Å². The number of carbonyl (C=O) groups is 1. The summed E-state index contributed by atoms with van der Waals surface area (Å²) >= 11 is 0. The average molecular weight is 268 g/mol. The molecule has 0 aromatic heterocycles. The van der Waals surface area contributed by atoms with Crippen molar-refractivity contribution < 1.29 is 19.4 Å². The Bertz CT molecular complexity index is 422. The first-order valence-corrected chi connectivity index (χ1v) is 6.87. The predicted octanol–water partition coefficient (Wildman–Crippen LogP) is 2.55. The number of hydrogen-bond donors (Lipinski definition) is 1. The van der Waals surface area contributed by atoms with Gasteiger partial charge in [0.25, 0.3) is 0 Å². The molecule has 1 N–H and O–H groups in total. The molecule has 1 fully saturated rings. The summed E-state index contributed by atoms with van der Waals surface area (Å²) in [5, 5.41) is 10.1. The van der Waals surface area contributed by atoms with Crippen molar-refractivity contribution in [2.45, 2.75) is 71.4 Å². The van der Waals surface area contributed by atoms with Crippen molar-refractivity contribution in [3.63, 3.8) is 0 Å². The maximum atomic E-state index is 11.1. The minimum Gasteiger partial charge on any atom is -0.458 e. The summed E-state index contributed by atoms with van der Waals surface area (Å²) in [6, 6.07) is 0. The lowest BCUT2D eigenvalue weighted by Crippen LogP contribution is -2.51. The van der Waals surface area contributed by atoms with E-state index in [0.29, 0.717) is 12.8 Å². The zero-order valence-corrected chi connectivity index (χ0v) is 12.4. The molecule has 4 heteroatoms. The molecule has 19 heavy (non-hydrogen) atoms. The van der Waals surface area contributed by atoms with E-state index in [9.17, 15) is 9.90 Å². The lowest BCUT2D eigenvalue weighted by molar-refractivity contribution is -0.233. The lowest BCUT2D eigenvalue weighted by Gasteiger charge is -2.49. The van der Waals surface area contributed by atoms with Gasteiger partial charge in [0.15, 0.2) is 5.79 Å². The molecule has 0 aromatic carbocycles. The topological polar surface area (TPSA) is 55.8 Å². The first-order chi connectivity index (χ1) is 8.58. The quantitative estimate of drug-likeness (QED) is 0.586. The monoisotopic (exact) mass is 268 g/mol. The zero-order valence-electron chi connectivity index (χ0n) is 12.4. The highest BCUT2D eigenvalue weighted by Crippen LogP contribution is 2.55. The van der Waals surface area contributed by atoms with Gasteiger partial charge in [0.05, 0.1) is 5.60 Å². The molecule has 1 aliphatic heterocycles. The first-order valence-electron chi connectivity index (χ1n) is 6.87. The van der Waals surface area contributed by atoms with Gasteiger partial charge in [-0.3, -0.25) is 4.79 Å². The van der Waals surface area contributed by atoms with Crippen LogP contribution >= 0.6 is 0 Å². The third kappa shape index (κ3) is 2.43. The van der Waals surface area contributed by atoms with Crippen molar-refractivity contribution in [2.24, 2.45) is 5.41 Å². The van der Waals surface area contributed by atoms with Crippen LogP contribution in [0.4, 0.5) is 0 Å². The Labute approximate surface area is 114 Å². The Balaban J connectivity index is 2.33. The van der Waals surface area contributed by atoms with E-state index in [-0.39, 0.29) is 17.5 Å². The number of rotatable bonds is 1. The maximum absolute atomic E-state index is 11.1. The largest absolute Gasteiger partial charge is 0.458 e. The van der Waals surface area contributed by atoms with E-state index in [1.54, 1.807) is 6.92 Å². The number of ether oxygens (including phenoxy) is 2. The molecule has 0 radical (unpaired) electrons. The third-order valence-electron chi connectivity index (χ3n) is 4.53. The van der Waals surface area contributed by atoms with Crippen LogP contribution in [0.25, 0.3) is 0 Å². The summed E-state index contributed by atoms with van der Waals surface area (Å²) in [7, 11) is 0. The fraction of sp³-hybridized carbons (Fsp3) is 0.800. The van der Waals surface area contributed by atoms with Crippen LogP contribution in [0.2, 0.25) is 0 Å². The molecule has 0 aromatic rings. The van der Waals surface area contributed by atoms with E-state index in [1.165, 1.54) is 6.92 Å². The molecule has 1 spiro atoms. The molecule has 1 unspecified atom stereocenters. The summed E-state index contributed by atoms with van der Waals surface area (Å²) in [5.74, 6) is -1.33. The SMILES string of the molecule is CC(=O)O[C@@H]1C=C(C)[C@]2(CCC(C)(O)O2)C(C)(C)C1. The van der Waals surface area contributed by atoms with Gasteiger partial charge in [-0.15, -0.1) is 0 Å². The normalized spacial score (nSPS) is 41.2. The van der Waals surface area contributed by atoms with Crippen LogP contribution in [0.3, 0.4) is 0 Å². The van der Waals surface area contributed by atoms with E-state index < -0.39 is 11.4 Å². The number of esters is 1. The first kappa shape index (κ1) is 14.5. The summed E-state index contributed by atoms with van der Waals surface area (Å²) < 4.78 is 11.3.